The topological polar surface area (TPSA) is 29.1 Å². The lowest BCUT2D eigenvalue weighted by atomic mass is 10.2. The van der Waals surface area contributed by atoms with E-state index in [1.165, 1.54) is 6.07 Å². The summed E-state index contributed by atoms with van der Waals surface area (Å²) < 4.78 is 40.3. The Morgan fingerprint density at radius 3 is 2.26 bits per heavy atom. The average Bonchev–Trinajstić information content (AvgIpc) is 2.33. The second-order valence-electron chi connectivity index (χ2n) is 3.71. The zero-order valence-corrected chi connectivity index (χ0v) is 11.5. The third-order valence-corrected chi connectivity index (χ3v) is 3.00. The summed E-state index contributed by atoms with van der Waals surface area (Å²) in [5.41, 5.74) is -0.403. The highest BCUT2D eigenvalue weighted by Crippen LogP contribution is 2.21. The first kappa shape index (κ1) is 13.9. The Balaban J connectivity index is 2.29. The van der Waals surface area contributed by atoms with Crippen LogP contribution in [0.4, 0.5) is 18.9 Å². The van der Waals surface area contributed by atoms with E-state index in [0.717, 1.165) is 3.57 Å². The van der Waals surface area contributed by atoms with Crippen LogP contribution in [0.3, 0.4) is 0 Å². The van der Waals surface area contributed by atoms with Crippen molar-refractivity contribution in [1.82, 2.24) is 0 Å². The molecular formula is C13H7F3INO. The minimum atomic E-state index is -1.16. The predicted octanol–water partition coefficient (Wildman–Crippen LogP) is 3.96. The summed E-state index contributed by atoms with van der Waals surface area (Å²) in [5.74, 6) is -4.02. The second-order valence-corrected chi connectivity index (χ2v) is 4.95. The van der Waals surface area contributed by atoms with Gasteiger partial charge in [-0.2, -0.15) is 0 Å². The number of carbonyl (C=O) groups is 1. The molecule has 2 nitrogen and oxygen atoms in total. The Morgan fingerprint density at radius 1 is 1.05 bits per heavy atom. The Morgan fingerprint density at radius 2 is 1.68 bits per heavy atom. The van der Waals surface area contributed by atoms with E-state index in [9.17, 15) is 18.0 Å². The third kappa shape index (κ3) is 3.25. The van der Waals surface area contributed by atoms with Crippen LogP contribution in [0.2, 0.25) is 0 Å². The van der Waals surface area contributed by atoms with Gasteiger partial charge in [-0.05, 0) is 40.8 Å². The summed E-state index contributed by atoms with van der Waals surface area (Å²) in [6, 6.07) is 7.51. The maximum Gasteiger partial charge on any atom is 0.255 e. The van der Waals surface area contributed by atoms with Gasteiger partial charge >= 0.3 is 0 Å². The molecule has 0 saturated carbocycles. The molecule has 19 heavy (non-hydrogen) atoms. The molecule has 0 spiro atoms. The van der Waals surface area contributed by atoms with E-state index >= 15 is 0 Å². The lowest BCUT2D eigenvalue weighted by molar-refractivity contribution is 0.102. The van der Waals surface area contributed by atoms with Crippen molar-refractivity contribution in [2.75, 3.05) is 5.32 Å². The Labute approximate surface area is 120 Å². The molecule has 0 unspecified atom stereocenters. The second kappa shape index (κ2) is 5.60. The first-order chi connectivity index (χ1) is 8.97. The van der Waals surface area contributed by atoms with Crippen LogP contribution in [-0.2, 0) is 0 Å². The molecule has 0 aliphatic rings. The molecule has 0 bridgehead atoms. The van der Waals surface area contributed by atoms with Crippen LogP contribution in [0.25, 0.3) is 0 Å². The van der Waals surface area contributed by atoms with Crippen LogP contribution in [0, 0.1) is 21.0 Å². The Kier molecular flexibility index (Phi) is 4.08. The van der Waals surface area contributed by atoms with E-state index in [-0.39, 0.29) is 5.56 Å². The number of nitrogens with one attached hydrogen (secondary N) is 1. The molecule has 0 heterocycles. The van der Waals surface area contributed by atoms with E-state index in [0.29, 0.717) is 12.1 Å². The Hall–Kier alpha value is -1.57. The van der Waals surface area contributed by atoms with Crippen molar-refractivity contribution >= 4 is 34.2 Å². The molecule has 0 atom stereocenters. The van der Waals surface area contributed by atoms with Gasteiger partial charge in [-0.25, -0.2) is 13.2 Å². The van der Waals surface area contributed by atoms with E-state index < -0.39 is 29.0 Å². The van der Waals surface area contributed by atoms with Gasteiger partial charge in [-0.1, -0.05) is 6.07 Å². The van der Waals surface area contributed by atoms with Crippen molar-refractivity contribution in [3.05, 3.63) is 63.0 Å². The van der Waals surface area contributed by atoms with Crippen LogP contribution >= 0.6 is 22.6 Å². The largest absolute Gasteiger partial charge is 0.317 e. The SMILES string of the molecule is O=C(Nc1c(F)cc(F)cc1F)c1cccc(I)c1. The minimum absolute atomic E-state index is 0.259. The molecule has 0 aliphatic carbocycles. The standard InChI is InChI=1S/C13H7F3INO/c14-8-5-10(15)12(11(16)6-8)18-13(19)7-2-1-3-9(17)4-7/h1-6H,(H,18,19). The predicted molar refractivity (Wildman–Crippen MR) is 73.4 cm³/mol. The molecule has 98 valence electrons. The molecular weight excluding hydrogens is 370 g/mol. The minimum Gasteiger partial charge on any atom is -0.317 e. The van der Waals surface area contributed by atoms with Crippen LogP contribution in [0.5, 0.6) is 0 Å². The molecule has 2 aromatic rings. The molecule has 2 rings (SSSR count). The van der Waals surface area contributed by atoms with Crippen LogP contribution in [-0.4, -0.2) is 5.91 Å². The lowest BCUT2D eigenvalue weighted by Gasteiger charge is -2.08. The monoisotopic (exact) mass is 377 g/mol. The first-order valence-corrected chi connectivity index (χ1v) is 6.26. The highest BCUT2D eigenvalue weighted by Gasteiger charge is 2.15. The van der Waals surface area contributed by atoms with Gasteiger partial charge < -0.3 is 5.32 Å². The molecule has 0 saturated heterocycles. The maximum atomic E-state index is 13.4. The van der Waals surface area contributed by atoms with Gasteiger partial charge in [0.25, 0.3) is 5.91 Å². The van der Waals surface area contributed by atoms with Crippen molar-refractivity contribution in [3.8, 4) is 0 Å². The maximum absolute atomic E-state index is 13.4. The number of amides is 1. The average molecular weight is 377 g/mol. The van der Waals surface area contributed by atoms with Gasteiger partial charge in [-0.3, -0.25) is 4.79 Å². The van der Waals surface area contributed by atoms with Crippen molar-refractivity contribution in [2.24, 2.45) is 0 Å². The highest BCUT2D eigenvalue weighted by atomic mass is 127. The van der Waals surface area contributed by atoms with Crippen molar-refractivity contribution < 1.29 is 18.0 Å². The van der Waals surface area contributed by atoms with E-state index in [2.05, 4.69) is 5.32 Å². The lowest BCUT2D eigenvalue weighted by Crippen LogP contribution is -2.14. The zero-order valence-electron chi connectivity index (χ0n) is 9.38. The smallest absolute Gasteiger partial charge is 0.255 e. The fourth-order valence-corrected chi connectivity index (χ4v) is 2.02. The molecule has 1 N–H and O–H groups in total. The van der Waals surface area contributed by atoms with Gasteiger partial charge in [-0.15, -0.1) is 0 Å². The molecule has 1 amide bonds. The zero-order chi connectivity index (χ0) is 14.0. The molecule has 0 aliphatic heterocycles. The summed E-state index contributed by atoms with van der Waals surface area (Å²) >= 11 is 2.01. The van der Waals surface area contributed by atoms with Gasteiger partial charge in [0.05, 0.1) is 0 Å². The summed E-state index contributed by atoms with van der Waals surface area (Å²) in [6.07, 6.45) is 0. The Bertz CT molecular complexity index is 623. The fourth-order valence-electron chi connectivity index (χ4n) is 1.48. The van der Waals surface area contributed by atoms with Crippen LogP contribution < -0.4 is 5.32 Å². The number of rotatable bonds is 2. The number of hydrogen-bond acceptors (Lipinski definition) is 1. The van der Waals surface area contributed by atoms with Gasteiger partial charge in [0, 0.05) is 21.3 Å². The van der Waals surface area contributed by atoms with E-state index in [4.69, 9.17) is 0 Å². The van der Waals surface area contributed by atoms with Crippen LogP contribution in [0.1, 0.15) is 10.4 Å². The number of carbonyl (C=O) groups excluding carboxylic acids is 1. The summed E-state index contributed by atoms with van der Waals surface area (Å²) in [5, 5.41) is 2.09. The number of hydrogen-bond donors (Lipinski definition) is 1. The summed E-state index contributed by atoms with van der Waals surface area (Å²) in [6.45, 7) is 0. The van der Waals surface area contributed by atoms with E-state index in [1.807, 2.05) is 22.6 Å². The molecule has 0 fully saturated rings. The van der Waals surface area contributed by atoms with E-state index in [1.54, 1.807) is 18.2 Å². The third-order valence-electron chi connectivity index (χ3n) is 2.33. The van der Waals surface area contributed by atoms with Gasteiger partial charge in [0.1, 0.15) is 11.5 Å². The summed E-state index contributed by atoms with van der Waals surface area (Å²) in [4.78, 5) is 11.8. The molecule has 0 radical (unpaired) electrons. The molecule has 0 aromatic heterocycles. The number of anilines is 1. The van der Waals surface area contributed by atoms with Crippen molar-refractivity contribution in [1.29, 1.82) is 0 Å². The first-order valence-electron chi connectivity index (χ1n) is 5.19. The number of benzene rings is 2. The normalized spacial score (nSPS) is 10.3. The van der Waals surface area contributed by atoms with Crippen molar-refractivity contribution in [2.45, 2.75) is 0 Å². The van der Waals surface area contributed by atoms with Crippen molar-refractivity contribution in [3.63, 3.8) is 0 Å². The highest BCUT2D eigenvalue weighted by molar-refractivity contribution is 14.1. The fraction of sp³-hybridized carbons (Fsp3) is 0. The van der Waals surface area contributed by atoms with Gasteiger partial charge in [0.2, 0.25) is 0 Å². The summed E-state index contributed by atoms with van der Waals surface area (Å²) in [7, 11) is 0. The van der Waals surface area contributed by atoms with Crippen LogP contribution in [0.15, 0.2) is 36.4 Å². The molecule has 2 aromatic carbocycles. The molecule has 6 heteroatoms. The quantitative estimate of drug-likeness (QED) is 0.789. The number of halogens is 4. The van der Waals surface area contributed by atoms with Gasteiger partial charge in [0.15, 0.2) is 11.6 Å².